The zero-order chi connectivity index (χ0) is 18.6. The van der Waals surface area contributed by atoms with Crippen LogP contribution in [0.5, 0.6) is 5.75 Å². The van der Waals surface area contributed by atoms with E-state index in [0.29, 0.717) is 4.47 Å². The van der Waals surface area contributed by atoms with Crippen molar-refractivity contribution in [1.82, 2.24) is 0 Å². The van der Waals surface area contributed by atoms with Gasteiger partial charge in [-0.05, 0) is 24.3 Å². The smallest absolute Gasteiger partial charge is 0.342 e. The molecule has 10 heteroatoms. The van der Waals surface area contributed by atoms with Crippen molar-refractivity contribution in [3.05, 3.63) is 61.6 Å². The molecule has 0 saturated heterocycles. The minimum Gasteiger partial charge on any atom is -0.507 e. The summed E-state index contributed by atoms with van der Waals surface area (Å²) in [6.45, 7) is -0.663. The summed E-state index contributed by atoms with van der Waals surface area (Å²) in [6.07, 6.45) is 0. The number of hydrogen-bond acceptors (Lipinski definition) is 6. The second kappa shape index (κ2) is 7.95. The molecule has 2 aromatic carbocycles. The number of anilines is 1. The fraction of sp³-hybridized carbons (Fsp3) is 0.0667. The molecule has 130 valence electrons. The van der Waals surface area contributed by atoms with E-state index in [1.807, 2.05) is 0 Å². The Hall–Kier alpha value is -2.65. The van der Waals surface area contributed by atoms with E-state index in [-0.39, 0.29) is 27.7 Å². The van der Waals surface area contributed by atoms with E-state index in [1.165, 1.54) is 30.3 Å². The molecule has 2 aromatic rings. The first kappa shape index (κ1) is 18.7. The van der Waals surface area contributed by atoms with Gasteiger partial charge in [-0.25, -0.2) is 4.79 Å². The first-order chi connectivity index (χ1) is 11.8. The molecule has 0 bridgehead atoms. The lowest BCUT2D eigenvalue weighted by atomic mass is 10.2. The van der Waals surface area contributed by atoms with E-state index >= 15 is 0 Å². The van der Waals surface area contributed by atoms with Crippen molar-refractivity contribution >= 4 is 50.8 Å². The Morgan fingerprint density at radius 3 is 2.68 bits per heavy atom. The Labute approximate surface area is 154 Å². The molecule has 0 unspecified atom stereocenters. The molecule has 0 saturated carbocycles. The fourth-order valence-corrected chi connectivity index (χ4v) is 2.32. The number of ether oxygens (including phenoxy) is 1. The van der Waals surface area contributed by atoms with Gasteiger partial charge in [0.15, 0.2) is 6.61 Å². The number of esters is 1. The van der Waals surface area contributed by atoms with Crippen LogP contribution in [0.25, 0.3) is 0 Å². The van der Waals surface area contributed by atoms with E-state index < -0.39 is 23.4 Å². The molecule has 25 heavy (non-hydrogen) atoms. The van der Waals surface area contributed by atoms with Crippen LogP contribution in [0.2, 0.25) is 5.02 Å². The van der Waals surface area contributed by atoms with Gasteiger partial charge in [-0.1, -0.05) is 27.5 Å². The Balaban J connectivity index is 2.01. The van der Waals surface area contributed by atoms with Crippen molar-refractivity contribution in [3.8, 4) is 5.75 Å². The van der Waals surface area contributed by atoms with Crippen LogP contribution in [-0.4, -0.2) is 28.5 Å². The first-order valence-electron chi connectivity index (χ1n) is 6.67. The third-order valence-electron chi connectivity index (χ3n) is 2.95. The predicted octanol–water partition coefficient (Wildman–Crippen LogP) is 3.51. The lowest BCUT2D eigenvalue weighted by Crippen LogP contribution is -2.21. The molecule has 0 fully saturated rings. The van der Waals surface area contributed by atoms with Crippen LogP contribution >= 0.6 is 27.5 Å². The summed E-state index contributed by atoms with van der Waals surface area (Å²) < 4.78 is 5.35. The Bertz CT molecular complexity index is 858. The van der Waals surface area contributed by atoms with Crippen LogP contribution in [0.15, 0.2) is 40.9 Å². The van der Waals surface area contributed by atoms with E-state index in [9.17, 15) is 24.8 Å². The number of carbonyl (C=O) groups excluding carboxylic acids is 2. The number of non-ortho nitro benzene ring substituents is 1. The number of halogens is 2. The highest BCUT2D eigenvalue weighted by atomic mass is 79.9. The van der Waals surface area contributed by atoms with Crippen LogP contribution in [-0.2, 0) is 9.53 Å². The second-order valence-electron chi connectivity index (χ2n) is 4.71. The number of rotatable bonds is 5. The number of phenolic OH excluding ortho intramolecular Hbond substituents is 1. The van der Waals surface area contributed by atoms with Gasteiger partial charge < -0.3 is 15.2 Å². The van der Waals surface area contributed by atoms with Gasteiger partial charge in [-0.2, -0.15) is 0 Å². The number of nitro groups is 1. The minimum atomic E-state index is -0.904. The van der Waals surface area contributed by atoms with E-state index in [0.717, 1.165) is 6.07 Å². The van der Waals surface area contributed by atoms with Crippen molar-refractivity contribution in [2.24, 2.45) is 0 Å². The lowest BCUT2D eigenvalue weighted by molar-refractivity contribution is -0.384. The molecule has 0 aliphatic rings. The second-order valence-corrected chi connectivity index (χ2v) is 6.03. The molecule has 0 aliphatic heterocycles. The summed E-state index contributed by atoms with van der Waals surface area (Å²) >= 11 is 9.01. The summed E-state index contributed by atoms with van der Waals surface area (Å²) in [5.41, 5.74) is -0.353. The van der Waals surface area contributed by atoms with Crippen LogP contribution < -0.4 is 5.32 Å². The topological polar surface area (TPSA) is 119 Å². The molecule has 2 N–H and O–H groups in total. The summed E-state index contributed by atoms with van der Waals surface area (Å²) in [5, 5.41) is 22.8. The van der Waals surface area contributed by atoms with Crippen molar-refractivity contribution < 1.29 is 24.4 Å². The van der Waals surface area contributed by atoms with Crippen molar-refractivity contribution in [3.63, 3.8) is 0 Å². The average molecular weight is 430 g/mol. The van der Waals surface area contributed by atoms with Gasteiger partial charge in [0.2, 0.25) is 0 Å². The van der Waals surface area contributed by atoms with Gasteiger partial charge in [0.1, 0.15) is 11.3 Å². The van der Waals surface area contributed by atoms with Crippen LogP contribution in [0.3, 0.4) is 0 Å². The highest BCUT2D eigenvalue weighted by Crippen LogP contribution is 2.27. The Kier molecular flexibility index (Phi) is 5.94. The molecule has 0 radical (unpaired) electrons. The summed E-state index contributed by atoms with van der Waals surface area (Å²) in [5.74, 6) is -1.94. The van der Waals surface area contributed by atoms with Crippen molar-refractivity contribution in [1.29, 1.82) is 0 Å². The standard InChI is InChI=1S/C15H10BrClN2O6/c16-8-1-4-13(20)10(5-8)15(22)25-7-14(21)18-12-6-9(19(23)24)2-3-11(12)17/h1-6,20H,7H2,(H,18,21). The van der Waals surface area contributed by atoms with Crippen molar-refractivity contribution in [2.45, 2.75) is 0 Å². The molecule has 0 aromatic heterocycles. The average Bonchev–Trinajstić information content (AvgIpc) is 2.56. The Morgan fingerprint density at radius 1 is 1.28 bits per heavy atom. The number of phenols is 1. The zero-order valence-electron chi connectivity index (χ0n) is 12.4. The number of carbonyl (C=O) groups is 2. The predicted molar refractivity (Wildman–Crippen MR) is 92.8 cm³/mol. The molecule has 0 aliphatic carbocycles. The maximum Gasteiger partial charge on any atom is 0.342 e. The molecule has 2 rings (SSSR count). The molecule has 8 nitrogen and oxygen atoms in total. The molecular weight excluding hydrogens is 420 g/mol. The highest BCUT2D eigenvalue weighted by Gasteiger charge is 2.16. The number of benzene rings is 2. The third kappa shape index (κ3) is 4.91. The molecular formula is C15H10BrClN2O6. The zero-order valence-corrected chi connectivity index (χ0v) is 14.7. The monoisotopic (exact) mass is 428 g/mol. The van der Waals surface area contributed by atoms with Gasteiger partial charge in [0.05, 0.1) is 15.6 Å². The summed E-state index contributed by atoms with van der Waals surface area (Å²) in [6, 6.07) is 7.71. The third-order valence-corrected chi connectivity index (χ3v) is 3.77. The van der Waals surface area contributed by atoms with Gasteiger partial charge in [-0.15, -0.1) is 0 Å². The largest absolute Gasteiger partial charge is 0.507 e. The van der Waals surface area contributed by atoms with Crippen LogP contribution in [0, 0.1) is 10.1 Å². The van der Waals surface area contributed by atoms with Gasteiger partial charge in [-0.3, -0.25) is 14.9 Å². The lowest BCUT2D eigenvalue weighted by Gasteiger charge is -2.09. The van der Waals surface area contributed by atoms with E-state index in [4.69, 9.17) is 16.3 Å². The molecule has 0 spiro atoms. The summed E-state index contributed by atoms with van der Waals surface area (Å²) in [7, 11) is 0. The molecule has 0 heterocycles. The van der Waals surface area contributed by atoms with E-state index in [2.05, 4.69) is 21.2 Å². The normalized spacial score (nSPS) is 10.2. The van der Waals surface area contributed by atoms with Gasteiger partial charge in [0.25, 0.3) is 11.6 Å². The van der Waals surface area contributed by atoms with E-state index in [1.54, 1.807) is 0 Å². The van der Waals surface area contributed by atoms with Gasteiger partial charge >= 0.3 is 5.97 Å². The number of nitrogens with zero attached hydrogens (tertiary/aromatic N) is 1. The Morgan fingerprint density at radius 2 is 2.00 bits per heavy atom. The van der Waals surface area contributed by atoms with Gasteiger partial charge in [0, 0.05) is 16.6 Å². The number of nitro benzene ring substituents is 1. The summed E-state index contributed by atoms with van der Waals surface area (Å²) in [4.78, 5) is 33.8. The minimum absolute atomic E-state index is 0.0159. The quantitative estimate of drug-likeness (QED) is 0.426. The molecule has 0 atom stereocenters. The van der Waals surface area contributed by atoms with Crippen LogP contribution in [0.1, 0.15) is 10.4 Å². The number of amides is 1. The SMILES string of the molecule is O=C(COC(=O)c1cc(Br)ccc1O)Nc1cc([N+](=O)[O-])ccc1Cl. The molecule has 1 amide bonds. The maximum atomic E-state index is 11.9. The number of nitrogens with one attached hydrogen (secondary N) is 1. The highest BCUT2D eigenvalue weighted by molar-refractivity contribution is 9.10. The fourth-order valence-electron chi connectivity index (χ4n) is 1.79. The first-order valence-corrected chi connectivity index (χ1v) is 7.84. The van der Waals surface area contributed by atoms with Crippen molar-refractivity contribution in [2.75, 3.05) is 11.9 Å². The maximum absolute atomic E-state index is 11.9. The van der Waals surface area contributed by atoms with Crippen LogP contribution in [0.4, 0.5) is 11.4 Å². The number of hydrogen-bond donors (Lipinski definition) is 2. The number of aromatic hydroxyl groups is 1.